The lowest BCUT2D eigenvalue weighted by atomic mass is 10.0. The Kier molecular flexibility index (Phi) is 5.20. The Labute approximate surface area is 129 Å². The van der Waals surface area contributed by atoms with Gasteiger partial charge in [-0.1, -0.05) is 36.4 Å². The third kappa shape index (κ3) is 3.47. The van der Waals surface area contributed by atoms with Gasteiger partial charge in [-0.15, -0.1) is 0 Å². The van der Waals surface area contributed by atoms with Crippen LogP contribution >= 0.6 is 0 Å². The van der Waals surface area contributed by atoms with Crippen molar-refractivity contribution in [3.8, 4) is 11.5 Å². The molecule has 0 N–H and O–H groups in total. The summed E-state index contributed by atoms with van der Waals surface area (Å²) in [5.41, 5.74) is 1.84. The molecule has 2 rings (SSSR count). The minimum absolute atomic E-state index is 0.305. The molecule has 0 aliphatic carbocycles. The summed E-state index contributed by atoms with van der Waals surface area (Å²) in [7, 11) is 2.82. The molecule has 0 aliphatic heterocycles. The summed E-state index contributed by atoms with van der Waals surface area (Å²) in [5.74, 6) is 0.812. The molecule has 2 aromatic carbocycles. The Bertz CT molecular complexity index is 675. The van der Waals surface area contributed by atoms with E-state index in [1.165, 1.54) is 20.5 Å². The van der Waals surface area contributed by atoms with Gasteiger partial charge in [-0.25, -0.2) is 4.79 Å². The smallest absolute Gasteiger partial charge is 0.341 e. The van der Waals surface area contributed by atoms with E-state index in [4.69, 9.17) is 14.2 Å². The summed E-state index contributed by atoms with van der Waals surface area (Å²) in [6.45, 7) is 1.92. The molecular weight excluding hydrogens is 280 g/mol. The van der Waals surface area contributed by atoms with Gasteiger partial charge in [0.25, 0.3) is 0 Å². The lowest BCUT2D eigenvalue weighted by Gasteiger charge is -2.15. The third-order valence-corrected chi connectivity index (χ3v) is 3.11. The van der Waals surface area contributed by atoms with E-state index in [1.807, 2.05) is 49.4 Å². The lowest BCUT2D eigenvalue weighted by molar-refractivity contribution is -0.133. The van der Waals surface area contributed by atoms with Gasteiger partial charge in [-0.2, -0.15) is 0 Å². The normalized spacial score (nSPS) is 11.0. The van der Waals surface area contributed by atoms with Crippen LogP contribution in [0.15, 0.2) is 54.8 Å². The molecule has 4 nitrogen and oxygen atoms in total. The van der Waals surface area contributed by atoms with Crippen molar-refractivity contribution in [2.24, 2.45) is 0 Å². The van der Waals surface area contributed by atoms with Crippen molar-refractivity contribution in [2.45, 2.75) is 6.92 Å². The van der Waals surface area contributed by atoms with Gasteiger partial charge in [-0.05, 0) is 24.6 Å². The SMILES string of the molecule is COC=C(C(=O)OC)c1cccc(C)c1Oc1ccccc1. The van der Waals surface area contributed by atoms with E-state index in [0.717, 1.165) is 5.56 Å². The molecule has 22 heavy (non-hydrogen) atoms. The number of hydrogen-bond donors (Lipinski definition) is 0. The van der Waals surface area contributed by atoms with E-state index < -0.39 is 5.97 Å². The van der Waals surface area contributed by atoms with Crippen molar-refractivity contribution in [3.05, 3.63) is 65.9 Å². The van der Waals surface area contributed by atoms with Gasteiger partial charge < -0.3 is 14.2 Å². The predicted octanol–water partition coefficient (Wildman–Crippen LogP) is 3.95. The molecule has 0 aromatic heterocycles. The highest BCUT2D eigenvalue weighted by Gasteiger charge is 2.19. The van der Waals surface area contributed by atoms with Gasteiger partial charge in [0.05, 0.1) is 20.5 Å². The van der Waals surface area contributed by atoms with E-state index in [1.54, 1.807) is 6.07 Å². The number of rotatable bonds is 5. The van der Waals surface area contributed by atoms with Crippen molar-refractivity contribution in [1.29, 1.82) is 0 Å². The summed E-state index contributed by atoms with van der Waals surface area (Å²) in [6, 6.07) is 15.0. The van der Waals surface area contributed by atoms with Crippen LogP contribution in [0.25, 0.3) is 5.57 Å². The average molecular weight is 298 g/mol. The van der Waals surface area contributed by atoms with Crippen LogP contribution in [0, 0.1) is 6.92 Å². The topological polar surface area (TPSA) is 44.8 Å². The molecule has 0 atom stereocenters. The third-order valence-electron chi connectivity index (χ3n) is 3.11. The molecule has 0 saturated heterocycles. The first-order chi connectivity index (χ1) is 10.7. The molecule has 0 heterocycles. The van der Waals surface area contributed by atoms with Crippen molar-refractivity contribution in [2.75, 3.05) is 14.2 Å². The zero-order chi connectivity index (χ0) is 15.9. The molecule has 0 spiro atoms. The van der Waals surface area contributed by atoms with Crippen LogP contribution in [0.1, 0.15) is 11.1 Å². The molecular formula is C18H18O4. The minimum Gasteiger partial charge on any atom is -0.503 e. The molecule has 114 valence electrons. The van der Waals surface area contributed by atoms with Crippen molar-refractivity contribution >= 4 is 11.5 Å². The first-order valence-electron chi connectivity index (χ1n) is 6.81. The zero-order valence-corrected chi connectivity index (χ0v) is 12.8. The van der Waals surface area contributed by atoms with Crippen LogP contribution in [-0.4, -0.2) is 20.2 Å². The number of para-hydroxylation sites is 2. The van der Waals surface area contributed by atoms with Crippen LogP contribution in [0.4, 0.5) is 0 Å². The van der Waals surface area contributed by atoms with Gasteiger partial charge in [0.2, 0.25) is 0 Å². The molecule has 2 aromatic rings. The van der Waals surface area contributed by atoms with Gasteiger partial charge in [0, 0.05) is 5.56 Å². The Balaban J connectivity index is 2.50. The largest absolute Gasteiger partial charge is 0.503 e. The standard InChI is InChI=1S/C18H18O4/c1-13-8-7-11-15(16(12-20-2)18(19)21-3)17(13)22-14-9-5-4-6-10-14/h4-12H,1-3H3. The molecule has 0 bridgehead atoms. The molecule has 0 unspecified atom stereocenters. The predicted molar refractivity (Wildman–Crippen MR) is 84.7 cm³/mol. The first kappa shape index (κ1) is 15.6. The van der Waals surface area contributed by atoms with Gasteiger partial charge in [-0.3, -0.25) is 0 Å². The Morgan fingerprint density at radius 3 is 2.36 bits per heavy atom. The lowest BCUT2D eigenvalue weighted by Crippen LogP contribution is -2.06. The van der Waals surface area contributed by atoms with E-state index in [2.05, 4.69) is 0 Å². The summed E-state index contributed by atoms with van der Waals surface area (Å²) < 4.78 is 15.8. The van der Waals surface area contributed by atoms with E-state index >= 15 is 0 Å². The molecule has 0 fully saturated rings. The monoisotopic (exact) mass is 298 g/mol. The van der Waals surface area contributed by atoms with E-state index in [-0.39, 0.29) is 0 Å². The fourth-order valence-corrected chi connectivity index (χ4v) is 2.06. The number of methoxy groups -OCH3 is 2. The highest BCUT2D eigenvalue weighted by Crippen LogP contribution is 2.33. The average Bonchev–Trinajstić information content (AvgIpc) is 2.55. The number of esters is 1. The van der Waals surface area contributed by atoms with Crippen LogP contribution in [0.3, 0.4) is 0 Å². The van der Waals surface area contributed by atoms with Crippen LogP contribution in [0.5, 0.6) is 11.5 Å². The van der Waals surface area contributed by atoms with Gasteiger partial charge >= 0.3 is 5.97 Å². The highest BCUT2D eigenvalue weighted by atomic mass is 16.5. The number of ether oxygens (including phenoxy) is 3. The fraction of sp³-hybridized carbons (Fsp3) is 0.167. The van der Waals surface area contributed by atoms with Crippen LogP contribution < -0.4 is 4.74 Å². The van der Waals surface area contributed by atoms with E-state index in [9.17, 15) is 4.79 Å². The van der Waals surface area contributed by atoms with Crippen LogP contribution in [-0.2, 0) is 14.3 Å². The molecule has 0 radical (unpaired) electrons. The zero-order valence-electron chi connectivity index (χ0n) is 12.8. The quantitative estimate of drug-likeness (QED) is 0.476. The number of benzene rings is 2. The minimum atomic E-state index is -0.481. The van der Waals surface area contributed by atoms with Crippen molar-refractivity contribution in [3.63, 3.8) is 0 Å². The molecule has 0 saturated carbocycles. The maximum atomic E-state index is 12.0. The number of carbonyl (C=O) groups excluding carboxylic acids is 1. The number of carbonyl (C=O) groups is 1. The highest BCUT2D eigenvalue weighted by molar-refractivity contribution is 6.17. The van der Waals surface area contributed by atoms with E-state index in [0.29, 0.717) is 22.6 Å². The van der Waals surface area contributed by atoms with Gasteiger partial charge in [0.15, 0.2) is 0 Å². The number of hydrogen-bond acceptors (Lipinski definition) is 4. The first-order valence-corrected chi connectivity index (χ1v) is 6.81. The maximum Gasteiger partial charge on any atom is 0.341 e. The second kappa shape index (κ2) is 7.31. The molecule has 0 amide bonds. The molecule has 0 aliphatic rings. The second-order valence-electron chi connectivity index (χ2n) is 4.63. The van der Waals surface area contributed by atoms with Crippen molar-refractivity contribution < 1.29 is 19.0 Å². The number of aryl methyl sites for hydroxylation is 1. The Morgan fingerprint density at radius 1 is 1.00 bits per heavy atom. The molecule has 4 heteroatoms. The summed E-state index contributed by atoms with van der Waals surface area (Å²) in [5, 5.41) is 0. The second-order valence-corrected chi connectivity index (χ2v) is 4.63. The maximum absolute atomic E-state index is 12.0. The van der Waals surface area contributed by atoms with Gasteiger partial charge in [0.1, 0.15) is 17.1 Å². The summed E-state index contributed by atoms with van der Waals surface area (Å²) in [6.07, 6.45) is 1.36. The van der Waals surface area contributed by atoms with Crippen molar-refractivity contribution in [1.82, 2.24) is 0 Å². The Morgan fingerprint density at radius 2 is 1.73 bits per heavy atom. The Hall–Kier alpha value is -2.75. The summed E-state index contributed by atoms with van der Waals surface area (Å²) >= 11 is 0. The fourth-order valence-electron chi connectivity index (χ4n) is 2.06. The summed E-state index contributed by atoms with van der Waals surface area (Å²) in [4.78, 5) is 12.0. The van der Waals surface area contributed by atoms with Crippen LogP contribution in [0.2, 0.25) is 0 Å².